The molecule has 2 aliphatic heterocycles. The minimum atomic E-state index is -3.97. The van der Waals surface area contributed by atoms with Crippen LogP contribution in [0.3, 0.4) is 0 Å². The number of ether oxygens (including phenoxy) is 1. The maximum atomic E-state index is 13.3. The van der Waals surface area contributed by atoms with Crippen molar-refractivity contribution in [3.63, 3.8) is 0 Å². The van der Waals surface area contributed by atoms with E-state index in [1.807, 2.05) is 6.07 Å². The summed E-state index contributed by atoms with van der Waals surface area (Å²) in [6.07, 6.45) is 0. The van der Waals surface area contributed by atoms with Gasteiger partial charge in [0.15, 0.2) is 5.76 Å². The summed E-state index contributed by atoms with van der Waals surface area (Å²) >= 11 is 6.34. The van der Waals surface area contributed by atoms with E-state index < -0.39 is 15.9 Å². The highest BCUT2D eigenvalue weighted by Crippen LogP contribution is 2.51. The van der Waals surface area contributed by atoms with Crippen molar-refractivity contribution in [2.45, 2.75) is 5.92 Å². The lowest BCUT2D eigenvalue weighted by Crippen LogP contribution is -2.37. The Morgan fingerprint density at radius 2 is 1.85 bits per heavy atom. The number of nitrogens with zero attached hydrogens (tertiary/aromatic N) is 2. The van der Waals surface area contributed by atoms with E-state index in [0.29, 0.717) is 21.8 Å². The SMILES string of the molecule is CN1c2ccccc2C2=C(C(c3ccccc3Cl)C(C#N)=C(N)O2)S1(=O)=O. The lowest BCUT2D eigenvalue weighted by atomic mass is 9.88. The fourth-order valence-corrected chi connectivity index (χ4v) is 5.30. The first-order valence-electron chi connectivity index (χ1n) is 8.02. The molecule has 0 aliphatic carbocycles. The molecule has 2 aromatic carbocycles. The van der Waals surface area contributed by atoms with Crippen LogP contribution in [0.15, 0.2) is 64.9 Å². The van der Waals surface area contributed by atoms with E-state index in [1.165, 1.54) is 11.4 Å². The number of allylic oxidation sites excluding steroid dienone is 2. The molecule has 0 spiro atoms. The maximum absolute atomic E-state index is 13.3. The summed E-state index contributed by atoms with van der Waals surface area (Å²) in [5.41, 5.74) is 7.55. The van der Waals surface area contributed by atoms with E-state index in [0.717, 1.165) is 0 Å². The van der Waals surface area contributed by atoms with Crippen LogP contribution in [0.1, 0.15) is 17.0 Å². The first kappa shape index (κ1) is 17.5. The normalized spacial score (nSPS) is 20.5. The maximum Gasteiger partial charge on any atom is 0.264 e. The largest absolute Gasteiger partial charge is 0.439 e. The first-order chi connectivity index (χ1) is 12.9. The van der Waals surface area contributed by atoms with Gasteiger partial charge in [0.05, 0.1) is 11.6 Å². The van der Waals surface area contributed by atoms with Gasteiger partial charge in [0.2, 0.25) is 5.88 Å². The Labute approximate surface area is 161 Å². The van der Waals surface area contributed by atoms with Crippen LogP contribution in [0.5, 0.6) is 0 Å². The van der Waals surface area contributed by atoms with Gasteiger partial charge in [0.1, 0.15) is 16.5 Å². The van der Waals surface area contributed by atoms with E-state index in [9.17, 15) is 13.7 Å². The van der Waals surface area contributed by atoms with Crippen LogP contribution in [0.4, 0.5) is 5.69 Å². The molecule has 0 aromatic heterocycles. The Hall–Kier alpha value is -2.95. The second-order valence-corrected chi connectivity index (χ2v) is 8.47. The molecule has 136 valence electrons. The molecule has 0 bridgehead atoms. The van der Waals surface area contributed by atoms with Crippen molar-refractivity contribution in [2.75, 3.05) is 11.4 Å². The molecule has 2 aliphatic rings. The van der Waals surface area contributed by atoms with E-state index in [2.05, 4.69) is 0 Å². The summed E-state index contributed by atoms with van der Waals surface area (Å²) in [7, 11) is -2.50. The van der Waals surface area contributed by atoms with Crippen molar-refractivity contribution >= 4 is 33.1 Å². The quantitative estimate of drug-likeness (QED) is 0.793. The van der Waals surface area contributed by atoms with Gasteiger partial charge in [0, 0.05) is 17.6 Å². The summed E-state index contributed by atoms with van der Waals surface area (Å²) in [5, 5.41) is 10.0. The van der Waals surface area contributed by atoms with Gasteiger partial charge in [-0.2, -0.15) is 5.26 Å². The third-order valence-corrected chi connectivity index (χ3v) is 6.95. The third-order valence-electron chi connectivity index (χ3n) is 4.72. The number of nitriles is 1. The number of fused-ring (bicyclic) bond motifs is 2. The lowest BCUT2D eigenvalue weighted by molar-refractivity contribution is 0.357. The highest BCUT2D eigenvalue weighted by Gasteiger charge is 2.46. The Kier molecular flexibility index (Phi) is 3.91. The van der Waals surface area contributed by atoms with Gasteiger partial charge < -0.3 is 10.5 Å². The van der Waals surface area contributed by atoms with E-state index >= 15 is 0 Å². The van der Waals surface area contributed by atoms with Crippen LogP contribution >= 0.6 is 11.6 Å². The average molecular weight is 400 g/mol. The third kappa shape index (κ3) is 2.41. The number of halogens is 1. The molecule has 1 atom stereocenters. The molecular weight excluding hydrogens is 386 g/mol. The van der Waals surface area contributed by atoms with Gasteiger partial charge in [-0.3, -0.25) is 4.31 Å². The number of anilines is 1. The standard InChI is InChI=1S/C19H14ClN3O3S/c1-23-15-9-5-3-7-12(15)17-18(27(23,24)25)16(13(10-21)19(22)26-17)11-6-2-4-8-14(11)20/h2-9,16H,22H2,1H3. The van der Waals surface area contributed by atoms with Crippen LogP contribution in [0.2, 0.25) is 5.02 Å². The molecule has 2 aromatic rings. The zero-order chi connectivity index (χ0) is 19.3. The van der Waals surface area contributed by atoms with Gasteiger partial charge in [-0.25, -0.2) is 8.42 Å². The molecule has 0 radical (unpaired) electrons. The van der Waals surface area contributed by atoms with Gasteiger partial charge in [-0.1, -0.05) is 41.9 Å². The summed E-state index contributed by atoms with van der Waals surface area (Å²) in [6, 6.07) is 15.7. The predicted molar refractivity (Wildman–Crippen MR) is 103 cm³/mol. The van der Waals surface area contributed by atoms with Crippen molar-refractivity contribution in [3.05, 3.63) is 81.0 Å². The molecule has 27 heavy (non-hydrogen) atoms. The number of nitrogens with two attached hydrogens (primary N) is 1. The molecule has 2 heterocycles. The molecule has 4 rings (SSSR count). The zero-order valence-corrected chi connectivity index (χ0v) is 15.8. The minimum Gasteiger partial charge on any atom is -0.439 e. The molecule has 8 heteroatoms. The highest BCUT2D eigenvalue weighted by molar-refractivity contribution is 7.96. The van der Waals surface area contributed by atoms with Crippen molar-refractivity contribution in [1.29, 1.82) is 5.26 Å². The van der Waals surface area contributed by atoms with Crippen LogP contribution < -0.4 is 10.0 Å². The second-order valence-electron chi connectivity index (χ2n) is 6.13. The van der Waals surface area contributed by atoms with Crippen LogP contribution in [-0.4, -0.2) is 15.5 Å². The number of sulfonamides is 1. The van der Waals surface area contributed by atoms with Crippen LogP contribution in [0, 0.1) is 11.3 Å². The Bertz CT molecular complexity index is 1180. The van der Waals surface area contributed by atoms with Crippen molar-refractivity contribution in [1.82, 2.24) is 0 Å². The fourth-order valence-electron chi connectivity index (χ4n) is 3.42. The zero-order valence-electron chi connectivity index (χ0n) is 14.2. The Morgan fingerprint density at radius 3 is 2.56 bits per heavy atom. The van der Waals surface area contributed by atoms with Crippen LogP contribution in [-0.2, 0) is 14.8 Å². The smallest absolute Gasteiger partial charge is 0.264 e. The monoisotopic (exact) mass is 399 g/mol. The van der Waals surface area contributed by atoms with Crippen molar-refractivity contribution in [3.8, 4) is 6.07 Å². The number of para-hydroxylation sites is 1. The molecule has 0 saturated heterocycles. The van der Waals surface area contributed by atoms with Crippen molar-refractivity contribution < 1.29 is 13.2 Å². The van der Waals surface area contributed by atoms with Gasteiger partial charge in [-0.15, -0.1) is 0 Å². The topological polar surface area (TPSA) is 96.4 Å². The fraction of sp³-hybridized carbons (Fsp3) is 0.105. The molecule has 0 amide bonds. The molecule has 6 nitrogen and oxygen atoms in total. The first-order valence-corrected chi connectivity index (χ1v) is 9.84. The van der Waals surface area contributed by atoms with Gasteiger partial charge in [0.25, 0.3) is 10.0 Å². The van der Waals surface area contributed by atoms with Gasteiger partial charge >= 0.3 is 0 Å². The Morgan fingerprint density at radius 1 is 1.19 bits per heavy atom. The lowest BCUT2D eigenvalue weighted by Gasteiger charge is -2.36. The number of benzene rings is 2. The van der Waals surface area contributed by atoms with E-state index in [4.69, 9.17) is 22.1 Å². The molecule has 0 saturated carbocycles. The number of hydrogen-bond acceptors (Lipinski definition) is 5. The van der Waals surface area contributed by atoms with Gasteiger partial charge in [-0.05, 0) is 23.8 Å². The number of rotatable bonds is 1. The second kappa shape index (κ2) is 6.05. The van der Waals surface area contributed by atoms with Crippen molar-refractivity contribution in [2.24, 2.45) is 5.73 Å². The molecular formula is C19H14ClN3O3S. The molecule has 1 unspecified atom stereocenters. The molecule has 2 N–H and O–H groups in total. The minimum absolute atomic E-state index is 0.0122. The predicted octanol–water partition coefficient (Wildman–Crippen LogP) is 3.30. The van der Waals surface area contributed by atoms with E-state index in [1.54, 1.807) is 48.5 Å². The summed E-state index contributed by atoms with van der Waals surface area (Å²) in [4.78, 5) is -0.0393. The Balaban J connectivity index is 2.11. The summed E-state index contributed by atoms with van der Waals surface area (Å²) in [6.45, 7) is 0. The highest BCUT2D eigenvalue weighted by atomic mass is 35.5. The number of hydrogen-bond donors (Lipinski definition) is 1. The van der Waals surface area contributed by atoms with Crippen LogP contribution in [0.25, 0.3) is 5.76 Å². The summed E-state index contributed by atoms with van der Waals surface area (Å²) < 4.78 is 33.5. The average Bonchev–Trinajstić information content (AvgIpc) is 2.66. The molecule has 0 fully saturated rings. The van der Waals surface area contributed by atoms with E-state index in [-0.39, 0.29) is 22.1 Å². The summed E-state index contributed by atoms with van der Waals surface area (Å²) in [5.74, 6) is -0.950.